The molecule has 0 atom stereocenters. The number of aromatic hydroxyl groups is 1. The number of rotatable bonds is 10. The number of benzene rings is 2. The van der Waals surface area contributed by atoms with E-state index >= 15 is 0 Å². The first-order chi connectivity index (χ1) is 17.9. The molecule has 2 rings (SSSR count). The van der Waals surface area contributed by atoms with Crippen molar-refractivity contribution in [3.63, 3.8) is 0 Å². The highest BCUT2D eigenvalue weighted by molar-refractivity contribution is 6.48. The molecule has 2 aromatic rings. The first-order valence-electron chi connectivity index (χ1n) is 12.5. The van der Waals surface area contributed by atoms with E-state index in [2.05, 4.69) is 5.32 Å². The second-order valence-electron chi connectivity index (χ2n) is 9.57. The number of amidine groups is 2. The summed E-state index contributed by atoms with van der Waals surface area (Å²) < 4.78 is 10.4. The summed E-state index contributed by atoms with van der Waals surface area (Å²) in [4.78, 5) is 27.6. The Morgan fingerprint density at radius 1 is 1.08 bits per heavy atom. The second kappa shape index (κ2) is 13.6. The van der Waals surface area contributed by atoms with E-state index in [-0.39, 0.29) is 41.6 Å². The van der Waals surface area contributed by atoms with Crippen LogP contribution in [0.4, 0.5) is 5.69 Å². The molecule has 0 aromatic heterocycles. The van der Waals surface area contributed by atoms with Crippen LogP contribution in [-0.2, 0) is 20.9 Å². The van der Waals surface area contributed by atoms with Crippen molar-refractivity contribution < 1.29 is 24.2 Å². The van der Waals surface area contributed by atoms with Crippen LogP contribution in [0.25, 0.3) is 0 Å². The lowest BCUT2D eigenvalue weighted by molar-refractivity contribution is -0.144. The summed E-state index contributed by atoms with van der Waals surface area (Å²) >= 11 is 0. The minimum absolute atomic E-state index is 0.0418. The van der Waals surface area contributed by atoms with Crippen molar-refractivity contribution in [2.75, 3.05) is 32.2 Å². The number of carbonyl (C=O) groups is 2. The lowest BCUT2D eigenvalue weighted by atomic mass is 9.97. The van der Waals surface area contributed by atoms with Crippen LogP contribution in [0.3, 0.4) is 0 Å². The third kappa shape index (κ3) is 7.79. The fraction of sp³-hybridized carbons (Fsp3) is 0.429. The SMILES string of the molecule is CCOC(=O)CN(C)Cc1ccc(N(C(=N)C(=O)NC(C)C)C(=N)c2cc(C(C)C)c(OC)cc2O)cc1. The van der Waals surface area contributed by atoms with Gasteiger partial charge in [0.1, 0.15) is 17.3 Å². The molecule has 0 aliphatic rings. The van der Waals surface area contributed by atoms with Crippen LogP contribution in [0.5, 0.6) is 11.5 Å². The molecule has 2 aromatic carbocycles. The minimum atomic E-state index is -0.653. The number of methoxy groups -OCH3 is 1. The molecule has 0 heterocycles. The topological polar surface area (TPSA) is 139 Å². The normalized spacial score (nSPS) is 11.0. The zero-order valence-electron chi connectivity index (χ0n) is 23.2. The summed E-state index contributed by atoms with van der Waals surface area (Å²) in [6.45, 7) is 10.2. The lowest BCUT2D eigenvalue weighted by Gasteiger charge is -2.27. The summed E-state index contributed by atoms with van der Waals surface area (Å²) in [5, 5.41) is 31.0. The quantitative estimate of drug-likeness (QED) is 0.210. The number of likely N-dealkylation sites (N-methyl/N-ethyl adjacent to an activating group) is 1. The van der Waals surface area contributed by atoms with Crippen LogP contribution in [-0.4, -0.2) is 66.9 Å². The monoisotopic (exact) mass is 525 g/mol. The zero-order valence-corrected chi connectivity index (χ0v) is 23.2. The molecule has 0 fully saturated rings. The van der Waals surface area contributed by atoms with Gasteiger partial charge in [0.05, 0.1) is 25.8 Å². The van der Waals surface area contributed by atoms with Gasteiger partial charge in [-0.15, -0.1) is 0 Å². The molecule has 10 nitrogen and oxygen atoms in total. The van der Waals surface area contributed by atoms with Gasteiger partial charge in [-0.05, 0) is 63.1 Å². The van der Waals surface area contributed by atoms with Crippen LogP contribution in [0.15, 0.2) is 36.4 Å². The Hall–Kier alpha value is -3.92. The van der Waals surface area contributed by atoms with Crippen LogP contribution in [0.2, 0.25) is 0 Å². The number of nitrogens with one attached hydrogen (secondary N) is 3. The Morgan fingerprint density at radius 3 is 2.24 bits per heavy atom. The maximum absolute atomic E-state index is 12.8. The Balaban J connectivity index is 2.46. The molecule has 0 bridgehead atoms. The summed E-state index contributed by atoms with van der Waals surface area (Å²) in [5.74, 6) is -1.32. The van der Waals surface area contributed by atoms with Crippen LogP contribution >= 0.6 is 0 Å². The molecule has 38 heavy (non-hydrogen) atoms. The van der Waals surface area contributed by atoms with Crippen molar-refractivity contribution in [2.45, 2.75) is 53.1 Å². The first kappa shape index (κ1) is 30.3. The number of nitrogens with zero attached hydrogens (tertiary/aromatic N) is 2. The Morgan fingerprint density at radius 2 is 1.71 bits per heavy atom. The van der Waals surface area contributed by atoms with Gasteiger partial charge in [-0.1, -0.05) is 26.0 Å². The molecule has 0 spiro atoms. The van der Waals surface area contributed by atoms with E-state index in [4.69, 9.17) is 20.3 Å². The van der Waals surface area contributed by atoms with E-state index < -0.39 is 11.7 Å². The van der Waals surface area contributed by atoms with Crippen molar-refractivity contribution in [3.8, 4) is 11.5 Å². The minimum Gasteiger partial charge on any atom is -0.507 e. The van der Waals surface area contributed by atoms with Crippen molar-refractivity contribution in [1.29, 1.82) is 10.8 Å². The van der Waals surface area contributed by atoms with Crippen molar-refractivity contribution in [2.24, 2.45) is 0 Å². The molecule has 0 aliphatic carbocycles. The second-order valence-corrected chi connectivity index (χ2v) is 9.57. The van der Waals surface area contributed by atoms with Gasteiger partial charge < -0.3 is 19.9 Å². The molecule has 0 radical (unpaired) electrons. The Kier molecular flexibility index (Phi) is 10.8. The van der Waals surface area contributed by atoms with E-state index in [0.717, 1.165) is 11.1 Å². The number of phenolic OH excluding ortho intramolecular Hbond substituents is 1. The smallest absolute Gasteiger partial charge is 0.320 e. The van der Waals surface area contributed by atoms with E-state index in [1.54, 1.807) is 58.2 Å². The predicted molar refractivity (Wildman–Crippen MR) is 148 cm³/mol. The maximum atomic E-state index is 12.8. The molecule has 206 valence electrons. The van der Waals surface area contributed by atoms with Gasteiger partial charge in [0.2, 0.25) is 0 Å². The third-order valence-corrected chi connectivity index (χ3v) is 5.66. The summed E-state index contributed by atoms with van der Waals surface area (Å²) in [6, 6.07) is 9.89. The van der Waals surface area contributed by atoms with Gasteiger partial charge in [-0.25, -0.2) is 0 Å². The number of anilines is 1. The number of hydrogen-bond donors (Lipinski definition) is 4. The molecule has 0 unspecified atom stereocenters. The Labute approximate surface area is 224 Å². The van der Waals surface area contributed by atoms with Gasteiger partial charge in [0.15, 0.2) is 5.84 Å². The van der Waals surface area contributed by atoms with E-state index in [9.17, 15) is 14.7 Å². The van der Waals surface area contributed by atoms with Gasteiger partial charge in [-0.3, -0.25) is 30.2 Å². The number of phenols is 1. The zero-order chi connectivity index (χ0) is 28.6. The van der Waals surface area contributed by atoms with Gasteiger partial charge in [0, 0.05) is 24.3 Å². The number of carbonyl (C=O) groups excluding carboxylic acids is 2. The number of amides is 1. The highest BCUT2D eigenvalue weighted by Gasteiger charge is 2.27. The molecule has 0 saturated heterocycles. The van der Waals surface area contributed by atoms with E-state index in [0.29, 0.717) is 24.6 Å². The van der Waals surface area contributed by atoms with Crippen molar-refractivity contribution >= 4 is 29.2 Å². The summed E-state index contributed by atoms with van der Waals surface area (Å²) in [5.41, 5.74) is 2.23. The fourth-order valence-corrected chi connectivity index (χ4v) is 3.87. The van der Waals surface area contributed by atoms with Gasteiger partial charge in [0.25, 0.3) is 5.91 Å². The molecule has 1 amide bonds. The van der Waals surface area contributed by atoms with Crippen molar-refractivity contribution in [1.82, 2.24) is 10.2 Å². The van der Waals surface area contributed by atoms with Crippen LogP contribution in [0, 0.1) is 10.8 Å². The standard InChI is InChI=1S/C28H39N5O5/c1-8-38-25(35)16-32(6)15-19-9-11-20(12-10-19)33(27(30)28(36)31-18(4)5)26(29)22-13-21(17(2)3)24(37-7)14-23(22)34/h9-14,17-18,29-30,34H,8,15-16H2,1-7H3,(H,31,36). The predicted octanol–water partition coefficient (Wildman–Crippen LogP) is 3.85. The van der Waals surface area contributed by atoms with E-state index in [1.165, 1.54) is 18.1 Å². The highest BCUT2D eigenvalue weighted by atomic mass is 16.5. The average molecular weight is 526 g/mol. The molecule has 0 aliphatic heterocycles. The Bertz CT molecular complexity index is 1160. The lowest BCUT2D eigenvalue weighted by Crippen LogP contribution is -2.47. The summed E-state index contributed by atoms with van der Waals surface area (Å²) in [6.07, 6.45) is 0. The fourth-order valence-electron chi connectivity index (χ4n) is 3.87. The first-order valence-corrected chi connectivity index (χ1v) is 12.5. The molecular formula is C28H39N5O5. The van der Waals surface area contributed by atoms with E-state index in [1.807, 2.05) is 18.7 Å². The largest absolute Gasteiger partial charge is 0.507 e. The molecule has 4 N–H and O–H groups in total. The molecule has 10 heteroatoms. The van der Waals surface area contributed by atoms with Gasteiger partial charge >= 0.3 is 5.97 Å². The number of esters is 1. The maximum Gasteiger partial charge on any atom is 0.320 e. The molecule has 0 saturated carbocycles. The average Bonchev–Trinajstić information content (AvgIpc) is 2.84. The number of hydrogen-bond acceptors (Lipinski definition) is 8. The highest BCUT2D eigenvalue weighted by Crippen LogP contribution is 2.34. The van der Waals surface area contributed by atoms with Crippen LogP contribution < -0.4 is 15.0 Å². The van der Waals surface area contributed by atoms with Gasteiger partial charge in [-0.2, -0.15) is 0 Å². The number of ether oxygens (including phenoxy) is 2. The third-order valence-electron chi connectivity index (χ3n) is 5.66. The van der Waals surface area contributed by atoms with Crippen LogP contribution in [0.1, 0.15) is 57.2 Å². The van der Waals surface area contributed by atoms with Crippen molar-refractivity contribution in [3.05, 3.63) is 53.1 Å². The summed E-state index contributed by atoms with van der Waals surface area (Å²) in [7, 11) is 3.31. The molecular weight excluding hydrogens is 486 g/mol.